The summed E-state index contributed by atoms with van der Waals surface area (Å²) in [6.45, 7) is 0. The van der Waals surface area contributed by atoms with Gasteiger partial charge in [0.2, 0.25) is 0 Å². The molecule has 1 N–H and O–H groups in total. The Morgan fingerprint density at radius 1 is 1.00 bits per heavy atom. The number of methoxy groups -OCH3 is 2. The Balaban J connectivity index is 1.92. The van der Waals surface area contributed by atoms with E-state index in [1.54, 1.807) is 19.2 Å². The Labute approximate surface area is 149 Å². The summed E-state index contributed by atoms with van der Waals surface area (Å²) in [5.41, 5.74) is 1.88. The first-order valence-corrected chi connectivity index (χ1v) is 7.67. The number of nitrogens with one attached hydrogen (secondary N) is 1. The van der Waals surface area contributed by atoms with Crippen LogP contribution in [-0.4, -0.2) is 29.1 Å². The molecule has 2 aromatic carbocycles. The zero-order valence-corrected chi connectivity index (χ0v) is 14.2. The summed E-state index contributed by atoms with van der Waals surface area (Å²) in [4.78, 5) is 19.1. The lowest BCUT2D eigenvalue weighted by atomic mass is 10.1. The monoisotopic (exact) mass is 352 g/mol. The summed E-state index contributed by atoms with van der Waals surface area (Å²) in [6, 6.07) is 13.8. The Bertz CT molecular complexity index is 946. The van der Waals surface area contributed by atoms with Crippen LogP contribution in [-0.2, 0) is 0 Å². The molecule has 0 spiro atoms. The summed E-state index contributed by atoms with van der Waals surface area (Å²) in [7, 11) is 2.98. The van der Waals surface area contributed by atoms with Gasteiger partial charge in [0.1, 0.15) is 17.9 Å². The van der Waals surface area contributed by atoms with Gasteiger partial charge < -0.3 is 14.8 Å². The third-order valence-corrected chi connectivity index (χ3v) is 3.70. The van der Waals surface area contributed by atoms with Crippen LogP contribution in [0.15, 0.2) is 54.9 Å². The molecule has 0 unspecified atom stereocenters. The van der Waals surface area contributed by atoms with Crippen LogP contribution < -0.4 is 14.8 Å². The van der Waals surface area contributed by atoms with E-state index >= 15 is 0 Å². The summed E-state index contributed by atoms with van der Waals surface area (Å²) in [5, 5.41) is 14.2. The number of rotatable bonds is 6. The predicted molar refractivity (Wildman–Crippen MR) is 97.0 cm³/mol. The van der Waals surface area contributed by atoms with Crippen LogP contribution in [0.4, 0.5) is 17.2 Å². The van der Waals surface area contributed by atoms with E-state index in [4.69, 9.17) is 9.47 Å². The van der Waals surface area contributed by atoms with E-state index in [9.17, 15) is 10.1 Å². The molecule has 26 heavy (non-hydrogen) atoms. The Morgan fingerprint density at radius 2 is 1.77 bits per heavy atom. The van der Waals surface area contributed by atoms with Gasteiger partial charge in [-0.15, -0.1) is 0 Å². The van der Waals surface area contributed by atoms with Crippen molar-refractivity contribution in [2.45, 2.75) is 0 Å². The second-order valence-electron chi connectivity index (χ2n) is 5.26. The van der Waals surface area contributed by atoms with Crippen molar-refractivity contribution in [2.75, 3.05) is 19.5 Å². The summed E-state index contributed by atoms with van der Waals surface area (Å²) in [5.74, 6) is 1.38. The van der Waals surface area contributed by atoms with Crippen molar-refractivity contribution in [3.8, 4) is 22.8 Å². The van der Waals surface area contributed by atoms with Crippen LogP contribution in [0.2, 0.25) is 0 Å². The Hall–Kier alpha value is -3.68. The van der Waals surface area contributed by atoms with Gasteiger partial charge in [-0.3, -0.25) is 10.1 Å². The van der Waals surface area contributed by atoms with Gasteiger partial charge >= 0.3 is 5.69 Å². The zero-order valence-electron chi connectivity index (χ0n) is 14.2. The van der Waals surface area contributed by atoms with Crippen molar-refractivity contribution in [3.05, 3.63) is 65.0 Å². The van der Waals surface area contributed by atoms with Crippen molar-refractivity contribution in [3.63, 3.8) is 0 Å². The van der Waals surface area contributed by atoms with Crippen LogP contribution in [0.1, 0.15) is 0 Å². The van der Waals surface area contributed by atoms with Crippen LogP contribution in [0.5, 0.6) is 11.5 Å². The highest BCUT2D eigenvalue weighted by Crippen LogP contribution is 2.32. The predicted octanol–water partition coefficient (Wildman–Crippen LogP) is 3.81. The molecule has 0 aliphatic heterocycles. The lowest BCUT2D eigenvalue weighted by molar-refractivity contribution is -0.385. The molecule has 1 aromatic heterocycles. The first-order valence-electron chi connectivity index (χ1n) is 7.67. The van der Waals surface area contributed by atoms with Gasteiger partial charge in [-0.05, 0) is 24.3 Å². The van der Waals surface area contributed by atoms with E-state index in [1.807, 2.05) is 24.3 Å². The van der Waals surface area contributed by atoms with Crippen molar-refractivity contribution >= 4 is 17.2 Å². The first kappa shape index (κ1) is 17.2. The largest absolute Gasteiger partial charge is 0.496 e. The smallest absolute Gasteiger partial charge is 0.312 e. The van der Waals surface area contributed by atoms with Gasteiger partial charge in [0.25, 0.3) is 0 Å². The van der Waals surface area contributed by atoms with Crippen molar-refractivity contribution < 1.29 is 14.4 Å². The van der Waals surface area contributed by atoms with Crippen LogP contribution in [0, 0.1) is 10.1 Å². The topological polar surface area (TPSA) is 99.4 Å². The molecule has 0 radical (unpaired) electrons. The average molecular weight is 352 g/mol. The number of hydrogen-bond donors (Lipinski definition) is 1. The minimum absolute atomic E-state index is 0.128. The molecular weight excluding hydrogens is 336 g/mol. The van der Waals surface area contributed by atoms with Gasteiger partial charge in [0.15, 0.2) is 5.75 Å². The minimum Gasteiger partial charge on any atom is -0.496 e. The van der Waals surface area contributed by atoms with E-state index < -0.39 is 4.92 Å². The van der Waals surface area contributed by atoms with E-state index in [0.29, 0.717) is 22.9 Å². The van der Waals surface area contributed by atoms with E-state index in [0.717, 1.165) is 5.56 Å². The molecule has 0 saturated carbocycles. The fourth-order valence-electron chi connectivity index (χ4n) is 2.49. The van der Waals surface area contributed by atoms with Crippen molar-refractivity contribution in [2.24, 2.45) is 0 Å². The third kappa shape index (κ3) is 3.54. The number of ether oxygens (including phenoxy) is 2. The van der Waals surface area contributed by atoms with Crippen molar-refractivity contribution in [1.82, 2.24) is 9.97 Å². The summed E-state index contributed by atoms with van der Waals surface area (Å²) in [6.07, 6.45) is 1.42. The molecular formula is C18H16N4O4. The zero-order chi connectivity index (χ0) is 18.5. The second-order valence-corrected chi connectivity index (χ2v) is 5.26. The van der Waals surface area contributed by atoms with Gasteiger partial charge in [0.05, 0.1) is 24.8 Å². The third-order valence-electron chi connectivity index (χ3n) is 3.70. The summed E-state index contributed by atoms with van der Waals surface area (Å²) >= 11 is 0. The molecule has 1 heterocycles. The highest BCUT2D eigenvalue weighted by Gasteiger charge is 2.15. The molecule has 0 amide bonds. The van der Waals surface area contributed by atoms with E-state index in [2.05, 4.69) is 15.3 Å². The fraction of sp³-hybridized carbons (Fsp3) is 0.111. The van der Waals surface area contributed by atoms with Gasteiger partial charge in [0, 0.05) is 23.4 Å². The molecule has 0 aliphatic rings. The van der Waals surface area contributed by atoms with Crippen molar-refractivity contribution in [1.29, 1.82) is 0 Å². The maximum atomic E-state index is 11.2. The molecule has 0 saturated heterocycles. The van der Waals surface area contributed by atoms with Crippen LogP contribution in [0.3, 0.4) is 0 Å². The molecule has 132 valence electrons. The number of benzene rings is 2. The number of aromatic nitrogens is 2. The first-order chi connectivity index (χ1) is 12.6. The standard InChI is InChI=1S/C18H16N4O4/c1-25-16-6-4-3-5-13(16)14-10-18(20-11-19-14)21-12-7-8-17(26-2)15(9-12)22(23)24/h3-11H,1-2H3,(H,19,20,21). The van der Waals surface area contributed by atoms with Gasteiger partial charge in [-0.25, -0.2) is 9.97 Å². The molecule has 3 rings (SSSR count). The van der Waals surface area contributed by atoms with Gasteiger partial charge in [-0.2, -0.15) is 0 Å². The maximum Gasteiger partial charge on any atom is 0.312 e. The Morgan fingerprint density at radius 3 is 2.50 bits per heavy atom. The number of anilines is 2. The quantitative estimate of drug-likeness (QED) is 0.532. The minimum atomic E-state index is -0.496. The lowest BCUT2D eigenvalue weighted by Crippen LogP contribution is -1.99. The SMILES string of the molecule is COc1ccccc1-c1cc(Nc2ccc(OC)c([N+](=O)[O-])c2)ncn1. The second kappa shape index (κ2) is 7.47. The fourth-order valence-corrected chi connectivity index (χ4v) is 2.49. The number of nitrogens with zero attached hydrogens (tertiary/aromatic N) is 3. The molecule has 0 bridgehead atoms. The number of hydrogen-bond acceptors (Lipinski definition) is 7. The average Bonchev–Trinajstić information content (AvgIpc) is 2.68. The van der Waals surface area contributed by atoms with E-state index in [1.165, 1.54) is 25.6 Å². The molecule has 3 aromatic rings. The molecule has 8 heteroatoms. The van der Waals surface area contributed by atoms with Crippen LogP contribution >= 0.6 is 0 Å². The molecule has 0 atom stereocenters. The highest BCUT2D eigenvalue weighted by molar-refractivity contribution is 5.71. The van der Waals surface area contributed by atoms with Crippen LogP contribution in [0.25, 0.3) is 11.3 Å². The normalized spacial score (nSPS) is 10.2. The number of nitro groups is 1. The lowest BCUT2D eigenvalue weighted by Gasteiger charge is -2.10. The molecule has 0 fully saturated rings. The molecule has 0 aliphatic carbocycles. The summed E-state index contributed by atoms with van der Waals surface area (Å²) < 4.78 is 10.4. The van der Waals surface area contributed by atoms with E-state index in [-0.39, 0.29) is 11.4 Å². The van der Waals surface area contributed by atoms with Gasteiger partial charge in [-0.1, -0.05) is 12.1 Å². The highest BCUT2D eigenvalue weighted by atomic mass is 16.6. The number of nitro benzene ring substituents is 1. The number of para-hydroxylation sites is 1. The maximum absolute atomic E-state index is 11.2. The Kier molecular flexibility index (Phi) is 4.93. The molecule has 8 nitrogen and oxygen atoms in total.